The number of nitrogens with one attached hydrogen (secondary N) is 2. The molecule has 0 fully saturated rings. The highest BCUT2D eigenvalue weighted by Crippen LogP contribution is 2.29. The SMILES string of the molecule is COCCNC(=O)c1cncc(C(=O)Nc2ccccc2Oc2ccccc2)c1. The Morgan fingerprint density at radius 3 is 2.38 bits per heavy atom. The molecule has 0 aliphatic heterocycles. The van der Waals surface area contributed by atoms with Gasteiger partial charge in [-0.3, -0.25) is 14.6 Å². The lowest BCUT2D eigenvalue weighted by Gasteiger charge is -2.12. The number of rotatable bonds is 8. The summed E-state index contributed by atoms with van der Waals surface area (Å²) >= 11 is 0. The monoisotopic (exact) mass is 391 g/mol. The number of amides is 2. The Labute approximate surface area is 168 Å². The molecule has 0 spiro atoms. The topological polar surface area (TPSA) is 89.5 Å². The predicted octanol–water partition coefficient (Wildman–Crippen LogP) is 3.50. The zero-order valence-corrected chi connectivity index (χ0v) is 15.9. The first-order chi connectivity index (χ1) is 14.2. The van der Waals surface area contributed by atoms with Gasteiger partial charge >= 0.3 is 0 Å². The van der Waals surface area contributed by atoms with Crippen LogP contribution in [0.5, 0.6) is 11.5 Å². The van der Waals surface area contributed by atoms with Crippen molar-refractivity contribution in [2.45, 2.75) is 0 Å². The van der Waals surface area contributed by atoms with Gasteiger partial charge in [0.2, 0.25) is 0 Å². The molecule has 2 aromatic carbocycles. The maximum Gasteiger partial charge on any atom is 0.257 e. The van der Waals surface area contributed by atoms with Crippen molar-refractivity contribution in [3.63, 3.8) is 0 Å². The molecule has 29 heavy (non-hydrogen) atoms. The highest BCUT2D eigenvalue weighted by molar-refractivity contribution is 6.06. The van der Waals surface area contributed by atoms with Crippen molar-refractivity contribution >= 4 is 17.5 Å². The molecule has 0 radical (unpaired) electrons. The molecule has 0 atom stereocenters. The van der Waals surface area contributed by atoms with Gasteiger partial charge in [0.25, 0.3) is 11.8 Å². The number of hydrogen-bond acceptors (Lipinski definition) is 5. The lowest BCUT2D eigenvalue weighted by Crippen LogP contribution is -2.27. The Balaban J connectivity index is 1.72. The lowest BCUT2D eigenvalue weighted by molar-refractivity contribution is 0.0936. The van der Waals surface area contributed by atoms with Crippen molar-refractivity contribution < 1.29 is 19.1 Å². The van der Waals surface area contributed by atoms with Crippen molar-refractivity contribution in [2.75, 3.05) is 25.6 Å². The highest BCUT2D eigenvalue weighted by Gasteiger charge is 2.13. The van der Waals surface area contributed by atoms with E-state index in [0.29, 0.717) is 35.9 Å². The van der Waals surface area contributed by atoms with Gasteiger partial charge in [-0.05, 0) is 30.3 Å². The largest absolute Gasteiger partial charge is 0.455 e. The Hall–Kier alpha value is -3.71. The van der Waals surface area contributed by atoms with Crippen LogP contribution in [-0.2, 0) is 4.74 Å². The Bertz CT molecular complexity index is 977. The summed E-state index contributed by atoms with van der Waals surface area (Å²) in [6.45, 7) is 0.771. The molecule has 148 valence electrons. The van der Waals surface area contributed by atoms with Crippen LogP contribution in [0.3, 0.4) is 0 Å². The van der Waals surface area contributed by atoms with Crippen LogP contribution in [0.25, 0.3) is 0 Å². The molecule has 0 unspecified atom stereocenters. The van der Waals surface area contributed by atoms with E-state index in [-0.39, 0.29) is 11.5 Å². The number of benzene rings is 2. The molecule has 3 aromatic rings. The number of hydrogen-bond donors (Lipinski definition) is 2. The minimum atomic E-state index is -0.395. The summed E-state index contributed by atoms with van der Waals surface area (Å²) in [5.41, 5.74) is 1.07. The highest BCUT2D eigenvalue weighted by atomic mass is 16.5. The van der Waals surface area contributed by atoms with Crippen LogP contribution < -0.4 is 15.4 Å². The van der Waals surface area contributed by atoms with Crippen LogP contribution >= 0.6 is 0 Å². The maximum absolute atomic E-state index is 12.7. The van der Waals surface area contributed by atoms with Crippen molar-refractivity contribution in [3.8, 4) is 11.5 Å². The van der Waals surface area contributed by atoms with Gasteiger partial charge in [0.15, 0.2) is 5.75 Å². The third-order valence-electron chi connectivity index (χ3n) is 3.96. The molecule has 2 amide bonds. The van der Waals surface area contributed by atoms with Gasteiger partial charge in [0.1, 0.15) is 5.75 Å². The summed E-state index contributed by atoms with van der Waals surface area (Å²) in [5, 5.41) is 5.51. The molecule has 0 bridgehead atoms. The van der Waals surface area contributed by atoms with E-state index in [4.69, 9.17) is 9.47 Å². The van der Waals surface area contributed by atoms with Crippen molar-refractivity contribution in [1.82, 2.24) is 10.3 Å². The quantitative estimate of drug-likeness (QED) is 0.574. The summed E-state index contributed by atoms with van der Waals surface area (Å²) in [6, 6.07) is 17.9. The Morgan fingerprint density at radius 1 is 0.931 bits per heavy atom. The zero-order valence-electron chi connectivity index (χ0n) is 15.9. The fourth-order valence-electron chi connectivity index (χ4n) is 2.53. The number of carbonyl (C=O) groups excluding carboxylic acids is 2. The smallest absolute Gasteiger partial charge is 0.257 e. The number of para-hydroxylation sites is 3. The standard InChI is InChI=1S/C22H21N3O4/c1-28-12-11-24-21(26)16-13-17(15-23-14-16)22(27)25-19-9-5-6-10-20(19)29-18-7-3-2-4-8-18/h2-10,13-15H,11-12H2,1H3,(H,24,26)(H,25,27). The fraction of sp³-hybridized carbons (Fsp3) is 0.136. The van der Waals surface area contributed by atoms with E-state index in [9.17, 15) is 9.59 Å². The third-order valence-corrected chi connectivity index (χ3v) is 3.96. The average Bonchev–Trinajstić information content (AvgIpc) is 2.76. The van der Waals surface area contributed by atoms with Gasteiger partial charge in [-0.25, -0.2) is 0 Å². The van der Waals surface area contributed by atoms with E-state index in [1.165, 1.54) is 18.5 Å². The molecule has 1 heterocycles. The second-order valence-electron chi connectivity index (χ2n) is 6.08. The third kappa shape index (κ3) is 5.63. The molecule has 7 nitrogen and oxygen atoms in total. The molecule has 0 saturated heterocycles. The molecule has 0 aliphatic rings. The summed E-state index contributed by atoms with van der Waals surface area (Å²) in [7, 11) is 1.55. The molecule has 1 aromatic heterocycles. The Kier molecular flexibility index (Phi) is 6.91. The number of pyridine rings is 1. The van der Waals surface area contributed by atoms with Gasteiger partial charge in [0.05, 0.1) is 23.4 Å². The molecular weight excluding hydrogens is 370 g/mol. The first-order valence-electron chi connectivity index (χ1n) is 9.03. The molecule has 0 aliphatic carbocycles. The maximum atomic E-state index is 12.7. The van der Waals surface area contributed by atoms with Gasteiger partial charge in [-0.2, -0.15) is 0 Å². The average molecular weight is 391 g/mol. The summed E-state index contributed by atoms with van der Waals surface area (Å²) in [6.07, 6.45) is 2.81. The van der Waals surface area contributed by atoms with Crippen LogP contribution in [-0.4, -0.2) is 37.1 Å². The summed E-state index contributed by atoms with van der Waals surface area (Å²) in [5.74, 6) is 0.448. The molecular formula is C22H21N3O4. The molecule has 3 rings (SSSR count). The first kappa shape index (κ1) is 20.0. The van der Waals surface area contributed by atoms with Crippen molar-refractivity contribution in [3.05, 3.63) is 84.2 Å². The summed E-state index contributed by atoms with van der Waals surface area (Å²) < 4.78 is 10.8. The van der Waals surface area contributed by atoms with Crippen LogP contribution in [0.1, 0.15) is 20.7 Å². The van der Waals surface area contributed by atoms with Crippen LogP contribution in [0, 0.1) is 0 Å². The number of nitrogens with zero attached hydrogens (tertiary/aromatic N) is 1. The minimum Gasteiger partial charge on any atom is -0.455 e. The van der Waals surface area contributed by atoms with E-state index in [0.717, 1.165) is 0 Å². The van der Waals surface area contributed by atoms with Gasteiger partial charge in [-0.15, -0.1) is 0 Å². The van der Waals surface area contributed by atoms with Gasteiger partial charge in [-0.1, -0.05) is 30.3 Å². The number of methoxy groups -OCH3 is 1. The Morgan fingerprint density at radius 2 is 1.62 bits per heavy atom. The van der Waals surface area contributed by atoms with Gasteiger partial charge < -0.3 is 20.1 Å². The first-order valence-corrected chi connectivity index (χ1v) is 9.03. The molecule has 0 saturated carbocycles. The number of carbonyl (C=O) groups is 2. The van der Waals surface area contributed by atoms with E-state index >= 15 is 0 Å². The van der Waals surface area contributed by atoms with Crippen LogP contribution in [0.2, 0.25) is 0 Å². The van der Waals surface area contributed by atoms with Crippen LogP contribution in [0.4, 0.5) is 5.69 Å². The fourth-order valence-corrected chi connectivity index (χ4v) is 2.53. The second-order valence-corrected chi connectivity index (χ2v) is 6.08. The second kappa shape index (κ2) is 10.0. The number of ether oxygens (including phenoxy) is 2. The molecule has 2 N–H and O–H groups in total. The van der Waals surface area contributed by atoms with Crippen molar-refractivity contribution in [1.29, 1.82) is 0 Å². The minimum absolute atomic E-state index is 0.263. The van der Waals surface area contributed by atoms with E-state index in [1.54, 1.807) is 25.3 Å². The van der Waals surface area contributed by atoms with Crippen molar-refractivity contribution in [2.24, 2.45) is 0 Å². The summed E-state index contributed by atoms with van der Waals surface area (Å²) in [4.78, 5) is 28.8. The van der Waals surface area contributed by atoms with E-state index in [1.807, 2.05) is 36.4 Å². The van der Waals surface area contributed by atoms with E-state index < -0.39 is 5.91 Å². The predicted molar refractivity (Wildman–Crippen MR) is 109 cm³/mol. The van der Waals surface area contributed by atoms with Gasteiger partial charge in [0, 0.05) is 26.0 Å². The number of aromatic nitrogens is 1. The number of anilines is 1. The van der Waals surface area contributed by atoms with E-state index in [2.05, 4.69) is 15.6 Å². The zero-order chi connectivity index (χ0) is 20.5. The normalized spacial score (nSPS) is 10.2. The van der Waals surface area contributed by atoms with Crippen LogP contribution in [0.15, 0.2) is 73.1 Å². The molecule has 7 heteroatoms. The lowest BCUT2D eigenvalue weighted by atomic mass is 10.1.